The summed E-state index contributed by atoms with van der Waals surface area (Å²) in [5.74, 6) is 0. The average Bonchev–Trinajstić information content (AvgIpc) is 3.85. The van der Waals surface area contributed by atoms with Crippen molar-refractivity contribution in [2.24, 2.45) is 0 Å². The third kappa shape index (κ3) is 3.87. The molecule has 0 aliphatic carbocycles. The minimum absolute atomic E-state index is 0.855. The molecule has 3 heterocycles. The van der Waals surface area contributed by atoms with E-state index in [4.69, 9.17) is 8.83 Å². The van der Waals surface area contributed by atoms with E-state index in [1.54, 1.807) is 0 Å². The molecule has 0 fully saturated rings. The molecule has 0 radical (unpaired) electrons. The molecule has 0 unspecified atom stereocenters. The predicted molar refractivity (Wildman–Crippen MR) is 208 cm³/mol. The average molecular weight is 641 g/mol. The van der Waals surface area contributed by atoms with E-state index in [1.165, 1.54) is 10.8 Å². The number of aromatic nitrogens is 1. The van der Waals surface area contributed by atoms with Crippen molar-refractivity contribution in [2.45, 2.75) is 0 Å². The first kappa shape index (κ1) is 27.2. The number of furan rings is 2. The van der Waals surface area contributed by atoms with Gasteiger partial charge in [0.15, 0.2) is 0 Å². The number of anilines is 3. The van der Waals surface area contributed by atoms with Crippen LogP contribution in [0.4, 0.5) is 17.1 Å². The number of para-hydroxylation sites is 4. The Morgan fingerprint density at radius 1 is 0.400 bits per heavy atom. The van der Waals surface area contributed by atoms with E-state index in [0.29, 0.717) is 0 Å². The van der Waals surface area contributed by atoms with Gasteiger partial charge in [-0.1, -0.05) is 91.0 Å². The molecular weight excluding hydrogens is 613 g/mol. The summed E-state index contributed by atoms with van der Waals surface area (Å²) < 4.78 is 15.4. The summed E-state index contributed by atoms with van der Waals surface area (Å²) in [5.41, 5.74) is 10.1. The highest BCUT2D eigenvalue weighted by Gasteiger charge is 2.23. The maximum Gasteiger partial charge on any atom is 0.143 e. The lowest BCUT2D eigenvalue weighted by Gasteiger charge is -2.27. The zero-order valence-electron chi connectivity index (χ0n) is 26.9. The molecule has 0 atom stereocenters. The van der Waals surface area contributed by atoms with E-state index in [1.807, 2.05) is 24.3 Å². The Hall–Kier alpha value is -6.78. The van der Waals surface area contributed by atoms with Gasteiger partial charge in [-0.25, -0.2) is 0 Å². The summed E-state index contributed by atoms with van der Waals surface area (Å²) in [6.45, 7) is 0. The molecule has 0 N–H and O–H groups in total. The molecule has 8 aromatic carbocycles. The van der Waals surface area contributed by atoms with Gasteiger partial charge >= 0.3 is 0 Å². The van der Waals surface area contributed by atoms with Crippen LogP contribution in [-0.2, 0) is 0 Å². The second-order valence-corrected chi connectivity index (χ2v) is 12.9. The lowest BCUT2D eigenvalue weighted by atomic mass is 10.0. The molecule has 0 aliphatic rings. The molecule has 0 saturated carbocycles. The van der Waals surface area contributed by atoms with Crippen molar-refractivity contribution in [2.75, 3.05) is 4.90 Å². The molecule has 11 rings (SSSR count). The molecule has 0 bridgehead atoms. The van der Waals surface area contributed by atoms with Crippen molar-refractivity contribution < 1.29 is 8.83 Å². The summed E-state index contributed by atoms with van der Waals surface area (Å²) in [6, 6.07) is 60.1. The van der Waals surface area contributed by atoms with E-state index in [-0.39, 0.29) is 0 Å². The molecule has 4 nitrogen and oxygen atoms in total. The predicted octanol–water partition coefficient (Wildman–Crippen LogP) is 13.2. The fourth-order valence-electron chi connectivity index (χ4n) is 7.95. The van der Waals surface area contributed by atoms with Crippen molar-refractivity contribution in [3.63, 3.8) is 0 Å². The van der Waals surface area contributed by atoms with Crippen LogP contribution in [-0.4, -0.2) is 4.57 Å². The molecule has 3 aromatic heterocycles. The third-order valence-corrected chi connectivity index (χ3v) is 10.2. The highest BCUT2D eigenvalue weighted by molar-refractivity contribution is 6.18. The maximum absolute atomic E-state index is 6.55. The summed E-state index contributed by atoms with van der Waals surface area (Å²) >= 11 is 0. The number of rotatable bonds is 4. The van der Waals surface area contributed by atoms with E-state index in [9.17, 15) is 0 Å². The van der Waals surface area contributed by atoms with Gasteiger partial charge in [0.25, 0.3) is 0 Å². The zero-order valence-corrected chi connectivity index (χ0v) is 26.9. The van der Waals surface area contributed by atoms with Gasteiger partial charge in [-0.3, -0.25) is 0 Å². The Bertz CT molecular complexity index is 3110. The Morgan fingerprint density at radius 2 is 1.02 bits per heavy atom. The summed E-state index contributed by atoms with van der Waals surface area (Å²) in [5, 5.41) is 9.04. The van der Waals surface area contributed by atoms with Crippen LogP contribution in [0.25, 0.3) is 82.1 Å². The minimum Gasteiger partial charge on any atom is -0.456 e. The smallest absolute Gasteiger partial charge is 0.143 e. The third-order valence-electron chi connectivity index (χ3n) is 10.2. The second kappa shape index (κ2) is 10.4. The van der Waals surface area contributed by atoms with Crippen molar-refractivity contribution in [3.05, 3.63) is 170 Å². The topological polar surface area (TPSA) is 34.5 Å². The van der Waals surface area contributed by atoms with Crippen molar-refractivity contribution in [1.29, 1.82) is 0 Å². The van der Waals surface area contributed by atoms with Crippen molar-refractivity contribution in [1.82, 2.24) is 4.57 Å². The quantitative estimate of drug-likeness (QED) is 0.192. The van der Waals surface area contributed by atoms with Crippen LogP contribution in [0.15, 0.2) is 179 Å². The minimum atomic E-state index is 0.855. The number of benzene rings is 8. The first-order valence-electron chi connectivity index (χ1n) is 16.9. The monoisotopic (exact) mass is 640 g/mol. The van der Waals surface area contributed by atoms with Gasteiger partial charge in [-0.15, -0.1) is 0 Å². The molecule has 0 spiro atoms. The highest BCUT2D eigenvalue weighted by Crippen LogP contribution is 2.46. The van der Waals surface area contributed by atoms with E-state index >= 15 is 0 Å². The first-order valence-corrected chi connectivity index (χ1v) is 16.9. The summed E-state index contributed by atoms with van der Waals surface area (Å²) in [6.07, 6.45) is 0. The van der Waals surface area contributed by atoms with Crippen LogP contribution in [0, 0.1) is 0 Å². The fourth-order valence-corrected chi connectivity index (χ4v) is 7.95. The fraction of sp³-hybridized carbons (Fsp3) is 0. The maximum atomic E-state index is 6.55. The lowest BCUT2D eigenvalue weighted by Crippen LogP contribution is -2.10. The largest absolute Gasteiger partial charge is 0.456 e. The number of hydrogen-bond acceptors (Lipinski definition) is 3. The molecule has 0 amide bonds. The van der Waals surface area contributed by atoms with E-state index < -0.39 is 0 Å². The Morgan fingerprint density at radius 3 is 1.88 bits per heavy atom. The van der Waals surface area contributed by atoms with Gasteiger partial charge in [0.1, 0.15) is 22.3 Å². The van der Waals surface area contributed by atoms with Gasteiger partial charge < -0.3 is 18.3 Å². The molecule has 0 saturated heterocycles. The number of fused-ring (bicyclic) bond motifs is 11. The van der Waals surface area contributed by atoms with Crippen LogP contribution in [0.2, 0.25) is 0 Å². The molecule has 50 heavy (non-hydrogen) atoms. The molecule has 4 heteroatoms. The van der Waals surface area contributed by atoms with Crippen molar-refractivity contribution >= 4 is 93.5 Å². The Labute approximate surface area is 286 Å². The standard InChI is InChI=1S/C46H28N2O2/c1-2-11-30(12-3-1)48-39-16-7-4-15-37(39)45-40(17-10-18-41(45)48)47(32-24-26-35-33-13-5-8-19-42(33)49-44(35)28-32)31-23-21-29-22-25-36-34-14-6-9-20-43(34)50-46(36)38(29)27-31/h1-28H. The van der Waals surface area contributed by atoms with Crippen LogP contribution in [0.3, 0.4) is 0 Å². The second-order valence-electron chi connectivity index (χ2n) is 12.9. The Kier molecular flexibility index (Phi) is 5.63. The van der Waals surface area contributed by atoms with Gasteiger partial charge in [0.05, 0.1) is 16.7 Å². The van der Waals surface area contributed by atoms with Crippen LogP contribution in [0.5, 0.6) is 0 Å². The molecule has 0 aliphatic heterocycles. The van der Waals surface area contributed by atoms with Gasteiger partial charge in [0.2, 0.25) is 0 Å². The number of nitrogens with zero attached hydrogens (tertiary/aromatic N) is 2. The van der Waals surface area contributed by atoms with Crippen LogP contribution < -0.4 is 4.90 Å². The van der Waals surface area contributed by atoms with E-state index in [0.717, 1.165) is 88.4 Å². The Balaban J connectivity index is 1.23. The van der Waals surface area contributed by atoms with Gasteiger partial charge in [-0.2, -0.15) is 0 Å². The number of hydrogen-bond donors (Lipinski definition) is 0. The summed E-state index contributed by atoms with van der Waals surface area (Å²) in [7, 11) is 0. The SMILES string of the molecule is c1ccc(-n2c3ccccc3c3c(N(c4ccc5c(c4)oc4ccccc45)c4ccc5ccc6c7ccccc7oc6c5c4)cccc32)cc1. The summed E-state index contributed by atoms with van der Waals surface area (Å²) in [4.78, 5) is 2.37. The van der Waals surface area contributed by atoms with Crippen LogP contribution in [0.1, 0.15) is 0 Å². The van der Waals surface area contributed by atoms with E-state index in [2.05, 4.69) is 155 Å². The lowest BCUT2D eigenvalue weighted by molar-refractivity contribution is 0.669. The molecular formula is C46H28N2O2. The van der Waals surface area contributed by atoms with Crippen molar-refractivity contribution in [3.8, 4) is 5.69 Å². The first-order chi connectivity index (χ1) is 24.8. The van der Waals surface area contributed by atoms with Gasteiger partial charge in [-0.05, 0) is 78.2 Å². The molecule has 11 aromatic rings. The molecule has 234 valence electrons. The van der Waals surface area contributed by atoms with Gasteiger partial charge in [0, 0.05) is 60.8 Å². The highest BCUT2D eigenvalue weighted by atomic mass is 16.3. The zero-order chi connectivity index (χ0) is 32.8. The van der Waals surface area contributed by atoms with Crippen LogP contribution >= 0.6 is 0 Å². The normalized spacial score (nSPS) is 12.0.